The van der Waals surface area contributed by atoms with E-state index in [2.05, 4.69) is 24.3 Å². The van der Waals surface area contributed by atoms with Crippen molar-refractivity contribution < 1.29 is 4.74 Å². The van der Waals surface area contributed by atoms with E-state index < -0.39 is 0 Å². The highest BCUT2D eigenvalue weighted by atomic mass is 16.5. The van der Waals surface area contributed by atoms with Gasteiger partial charge < -0.3 is 10.5 Å². The second-order valence-corrected chi connectivity index (χ2v) is 6.23. The van der Waals surface area contributed by atoms with Crippen molar-refractivity contribution in [3.8, 4) is 0 Å². The van der Waals surface area contributed by atoms with Gasteiger partial charge in [-0.05, 0) is 61.5 Å². The molecule has 0 saturated carbocycles. The van der Waals surface area contributed by atoms with Gasteiger partial charge in [0, 0.05) is 19.3 Å². The van der Waals surface area contributed by atoms with Crippen molar-refractivity contribution in [1.82, 2.24) is 0 Å². The molecule has 1 saturated heterocycles. The first-order chi connectivity index (χ1) is 9.33. The van der Waals surface area contributed by atoms with Crippen LogP contribution < -0.4 is 5.73 Å². The van der Waals surface area contributed by atoms with Gasteiger partial charge in [0.1, 0.15) is 0 Å². The monoisotopic (exact) mass is 259 g/mol. The number of benzene rings is 1. The molecule has 3 rings (SSSR count). The molecule has 0 spiro atoms. The number of hydrogen-bond acceptors (Lipinski definition) is 2. The Labute approximate surface area is 116 Å². The van der Waals surface area contributed by atoms with Gasteiger partial charge in [0.05, 0.1) is 0 Å². The molecule has 1 aromatic rings. The summed E-state index contributed by atoms with van der Waals surface area (Å²) in [7, 11) is 0. The Bertz CT molecular complexity index is 411. The molecule has 2 heteroatoms. The molecule has 1 heterocycles. The molecule has 0 aromatic heterocycles. The topological polar surface area (TPSA) is 35.2 Å². The molecule has 1 aliphatic carbocycles. The van der Waals surface area contributed by atoms with E-state index in [0.29, 0.717) is 12.0 Å². The summed E-state index contributed by atoms with van der Waals surface area (Å²) in [5.41, 5.74) is 9.56. The summed E-state index contributed by atoms with van der Waals surface area (Å²) in [4.78, 5) is 0. The lowest BCUT2D eigenvalue weighted by Gasteiger charge is -2.32. The number of aryl methyl sites for hydroxylation is 1. The van der Waals surface area contributed by atoms with Crippen LogP contribution in [0.2, 0.25) is 0 Å². The van der Waals surface area contributed by atoms with E-state index in [1.807, 2.05) is 0 Å². The largest absolute Gasteiger partial charge is 0.381 e. The van der Waals surface area contributed by atoms with E-state index in [4.69, 9.17) is 10.5 Å². The molecule has 2 aliphatic rings. The van der Waals surface area contributed by atoms with Crippen molar-refractivity contribution in [1.29, 1.82) is 0 Å². The van der Waals surface area contributed by atoms with Gasteiger partial charge in [0.2, 0.25) is 0 Å². The normalized spacial score (nSPS) is 25.8. The Morgan fingerprint density at radius 3 is 2.63 bits per heavy atom. The molecule has 19 heavy (non-hydrogen) atoms. The van der Waals surface area contributed by atoms with Gasteiger partial charge in [0.15, 0.2) is 0 Å². The number of ether oxygens (including phenoxy) is 1. The van der Waals surface area contributed by atoms with Gasteiger partial charge in [-0.25, -0.2) is 0 Å². The number of hydrogen-bond donors (Lipinski definition) is 1. The van der Waals surface area contributed by atoms with Crippen LogP contribution >= 0.6 is 0 Å². The first kappa shape index (κ1) is 13.1. The lowest BCUT2D eigenvalue weighted by atomic mass is 9.77. The van der Waals surface area contributed by atoms with Gasteiger partial charge in [0.25, 0.3) is 0 Å². The van der Waals surface area contributed by atoms with Gasteiger partial charge in [-0.15, -0.1) is 0 Å². The Balaban J connectivity index is 1.58. The van der Waals surface area contributed by atoms with Crippen LogP contribution in [-0.4, -0.2) is 19.3 Å². The molecule has 2 N–H and O–H groups in total. The fourth-order valence-electron chi connectivity index (χ4n) is 3.65. The zero-order valence-electron chi connectivity index (χ0n) is 11.7. The summed E-state index contributed by atoms with van der Waals surface area (Å²) in [5.74, 6) is 1.47. The van der Waals surface area contributed by atoms with Crippen molar-refractivity contribution >= 4 is 0 Å². The molecule has 2 unspecified atom stereocenters. The average Bonchev–Trinajstić information content (AvgIpc) is 2.48. The molecular formula is C17H25NO. The summed E-state index contributed by atoms with van der Waals surface area (Å²) in [6.07, 6.45) is 7.26. The quantitative estimate of drug-likeness (QED) is 0.906. The molecule has 0 bridgehead atoms. The average molecular weight is 259 g/mol. The van der Waals surface area contributed by atoms with Crippen molar-refractivity contribution in [2.24, 2.45) is 17.6 Å². The fourth-order valence-corrected chi connectivity index (χ4v) is 3.65. The van der Waals surface area contributed by atoms with Gasteiger partial charge in [-0.3, -0.25) is 0 Å². The van der Waals surface area contributed by atoms with Gasteiger partial charge in [-0.2, -0.15) is 0 Å². The van der Waals surface area contributed by atoms with E-state index in [1.54, 1.807) is 0 Å². The van der Waals surface area contributed by atoms with Crippen molar-refractivity contribution in [2.75, 3.05) is 13.2 Å². The molecular weight excluding hydrogens is 234 g/mol. The Kier molecular flexibility index (Phi) is 4.19. The third kappa shape index (κ3) is 3.18. The first-order valence-corrected chi connectivity index (χ1v) is 7.73. The van der Waals surface area contributed by atoms with Gasteiger partial charge >= 0.3 is 0 Å². The zero-order valence-corrected chi connectivity index (χ0v) is 11.7. The van der Waals surface area contributed by atoms with Crippen LogP contribution in [0.5, 0.6) is 0 Å². The van der Waals surface area contributed by atoms with Crippen LogP contribution in [0, 0.1) is 11.8 Å². The summed E-state index contributed by atoms with van der Waals surface area (Å²) >= 11 is 0. The van der Waals surface area contributed by atoms with Gasteiger partial charge in [-0.1, -0.05) is 24.3 Å². The second kappa shape index (κ2) is 6.06. The highest BCUT2D eigenvalue weighted by molar-refractivity contribution is 5.29. The molecule has 1 aliphatic heterocycles. The summed E-state index contributed by atoms with van der Waals surface area (Å²) < 4.78 is 5.43. The highest BCUT2D eigenvalue weighted by Gasteiger charge is 2.26. The molecule has 2 atom stereocenters. The van der Waals surface area contributed by atoms with E-state index in [-0.39, 0.29) is 0 Å². The van der Waals surface area contributed by atoms with E-state index in [0.717, 1.165) is 19.1 Å². The molecule has 2 nitrogen and oxygen atoms in total. The SMILES string of the molecule is NC(CC1CCOCC1)C1CCc2ccccc2C1. The fraction of sp³-hybridized carbons (Fsp3) is 0.647. The molecule has 0 radical (unpaired) electrons. The molecule has 0 amide bonds. The maximum absolute atomic E-state index is 6.50. The molecule has 1 fully saturated rings. The minimum absolute atomic E-state index is 0.372. The van der Waals surface area contributed by atoms with Crippen molar-refractivity contribution in [2.45, 2.75) is 44.6 Å². The zero-order chi connectivity index (χ0) is 13.1. The number of nitrogens with two attached hydrogens (primary N) is 1. The molecule has 104 valence electrons. The number of rotatable bonds is 3. The van der Waals surface area contributed by atoms with Crippen LogP contribution in [0.4, 0.5) is 0 Å². The summed E-state index contributed by atoms with van der Waals surface area (Å²) in [6, 6.07) is 9.24. The first-order valence-electron chi connectivity index (χ1n) is 7.73. The van der Waals surface area contributed by atoms with Crippen LogP contribution in [-0.2, 0) is 17.6 Å². The third-order valence-electron chi connectivity index (χ3n) is 4.94. The van der Waals surface area contributed by atoms with Crippen LogP contribution in [0.3, 0.4) is 0 Å². The van der Waals surface area contributed by atoms with Crippen LogP contribution in [0.1, 0.15) is 36.8 Å². The lowest BCUT2D eigenvalue weighted by Crippen LogP contribution is -2.36. The Morgan fingerprint density at radius 2 is 1.84 bits per heavy atom. The Hall–Kier alpha value is -0.860. The van der Waals surface area contributed by atoms with Crippen LogP contribution in [0.25, 0.3) is 0 Å². The van der Waals surface area contributed by atoms with E-state index in [1.165, 1.54) is 49.7 Å². The summed E-state index contributed by atoms with van der Waals surface area (Å²) in [6.45, 7) is 1.87. The Morgan fingerprint density at radius 1 is 1.11 bits per heavy atom. The summed E-state index contributed by atoms with van der Waals surface area (Å²) in [5, 5.41) is 0. The standard InChI is InChI=1S/C17H25NO/c18-17(11-13-7-9-19-10-8-13)16-6-5-14-3-1-2-4-15(14)12-16/h1-4,13,16-17H,5-12,18H2. The molecule has 1 aromatic carbocycles. The third-order valence-corrected chi connectivity index (χ3v) is 4.94. The number of fused-ring (bicyclic) bond motifs is 1. The maximum Gasteiger partial charge on any atom is 0.0468 e. The second-order valence-electron chi connectivity index (χ2n) is 6.23. The highest BCUT2D eigenvalue weighted by Crippen LogP contribution is 2.30. The predicted octanol–water partition coefficient (Wildman–Crippen LogP) is 2.94. The minimum atomic E-state index is 0.372. The van der Waals surface area contributed by atoms with Crippen molar-refractivity contribution in [3.63, 3.8) is 0 Å². The van der Waals surface area contributed by atoms with Crippen LogP contribution in [0.15, 0.2) is 24.3 Å². The minimum Gasteiger partial charge on any atom is -0.381 e. The lowest BCUT2D eigenvalue weighted by molar-refractivity contribution is 0.0594. The van der Waals surface area contributed by atoms with E-state index in [9.17, 15) is 0 Å². The van der Waals surface area contributed by atoms with Crippen molar-refractivity contribution in [3.05, 3.63) is 35.4 Å². The van der Waals surface area contributed by atoms with E-state index >= 15 is 0 Å². The predicted molar refractivity (Wildman–Crippen MR) is 78.1 cm³/mol. The smallest absolute Gasteiger partial charge is 0.0468 e. The maximum atomic E-state index is 6.50.